The van der Waals surface area contributed by atoms with E-state index in [0.29, 0.717) is 0 Å². The summed E-state index contributed by atoms with van der Waals surface area (Å²) >= 11 is 5.66. The molecular weight excluding hydrogens is 259 g/mol. The second kappa shape index (κ2) is 3.88. The second-order valence-electron chi connectivity index (χ2n) is 3.09. The van der Waals surface area contributed by atoms with Crippen molar-refractivity contribution in [3.63, 3.8) is 0 Å². The molecule has 2 N–H and O–H groups in total. The molecule has 0 amide bonds. The van der Waals surface area contributed by atoms with Crippen LogP contribution in [-0.2, 0) is 6.18 Å². The van der Waals surface area contributed by atoms with Gasteiger partial charge in [-0.15, -0.1) is 0 Å². The number of nitrogens with two attached hydrogens (primary N) is 1. The molecule has 9 heteroatoms. The van der Waals surface area contributed by atoms with Gasteiger partial charge in [0.05, 0.1) is 16.3 Å². The van der Waals surface area contributed by atoms with Crippen LogP contribution in [0.15, 0.2) is 18.2 Å². The highest BCUT2D eigenvalue weighted by Gasteiger charge is 2.34. The van der Waals surface area contributed by atoms with E-state index in [2.05, 4.69) is 15.5 Å². The van der Waals surface area contributed by atoms with Crippen LogP contribution in [0.3, 0.4) is 0 Å². The number of nitrogen functional groups attached to an aromatic ring is 1. The highest BCUT2D eigenvalue weighted by molar-refractivity contribution is 6.33. The normalized spacial score (nSPS) is 11.8. The van der Waals surface area contributed by atoms with Gasteiger partial charge in [0.15, 0.2) is 0 Å². The lowest BCUT2D eigenvalue weighted by Crippen LogP contribution is -2.09. The number of hydrogen-bond acceptors (Lipinski definition) is 4. The molecule has 2 aromatic rings. The summed E-state index contributed by atoms with van der Waals surface area (Å²) in [5.41, 5.74) is 4.40. The van der Waals surface area contributed by atoms with Crippen LogP contribution in [0.2, 0.25) is 5.02 Å². The van der Waals surface area contributed by atoms with Crippen LogP contribution in [0, 0.1) is 0 Å². The number of nitrogens with zero attached hydrogens (tertiary/aromatic N) is 4. The average Bonchev–Trinajstić information content (AvgIpc) is 2.63. The van der Waals surface area contributed by atoms with Gasteiger partial charge in [0.2, 0.25) is 5.95 Å². The molecule has 0 unspecified atom stereocenters. The van der Waals surface area contributed by atoms with E-state index < -0.39 is 16.8 Å². The summed E-state index contributed by atoms with van der Waals surface area (Å²) in [6.07, 6.45) is -4.55. The maximum absolute atomic E-state index is 12.6. The third-order valence-electron chi connectivity index (χ3n) is 2.01. The van der Waals surface area contributed by atoms with Gasteiger partial charge >= 0.3 is 6.18 Å². The summed E-state index contributed by atoms with van der Waals surface area (Å²) in [6, 6.07) is 3.40. The predicted octanol–water partition coefficient (Wildman–Crippen LogP) is 1.92. The molecule has 0 spiro atoms. The molecule has 17 heavy (non-hydrogen) atoms. The Balaban J connectivity index is 2.62. The summed E-state index contributed by atoms with van der Waals surface area (Å²) in [4.78, 5) is 0. The summed E-state index contributed by atoms with van der Waals surface area (Å²) in [5.74, 6) is -0.147. The number of rotatable bonds is 1. The fourth-order valence-electron chi connectivity index (χ4n) is 1.27. The highest BCUT2D eigenvalue weighted by Crippen LogP contribution is 2.37. The SMILES string of the molecule is Nc1nnnn1-c1cccc(C(F)(F)F)c1Cl. The van der Waals surface area contributed by atoms with Crippen LogP contribution >= 0.6 is 11.6 Å². The van der Waals surface area contributed by atoms with Crippen LogP contribution in [0.5, 0.6) is 0 Å². The van der Waals surface area contributed by atoms with Crippen LogP contribution in [0.1, 0.15) is 5.56 Å². The number of halogens is 4. The summed E-state index contributed by atoms with van der Waals surface area (Å²) in [6.45, 7) is 0. The molecule has 0 aliphatic rings. The maximum Gasteiger partial charge on any atom is 0.417 e. The molecule has 0 atom stereocenters. The maximum atomic E-state index is 12.6. The molecule has 0 saturated heterocycles. The van der Waals surface area contributed by atoms with Crippen LogP contribution in [0.4, 0.5) is 19.1 Å². The van der Waals surface area contributed by atoms with Crippen molar-refractivity contribution >= 4 is 17.5 Å². The Labute approximate surface area is 98.0 Å². The molecule has 0 radical (unpaired) electrons. The van der Waals surface area contributed by atoms with Gasteiger partial charge in [-0.2, -0.15) is 17.9 Å². The van der Waals surface area contributed by atoms with E-state index in [1.165, 1.54) is 12.1 Å². The molecule has 5 nitrogen and oxygen atoms in total. The van der Waals surface area contributed by atoms with E-state index in [9.17, 15) is 13.2 Å². The van der Waals surface area contributed by atoms with Crippen molar-refractivity contribution in [2.45, 2.75) is 6.18 Å². The van der Waals surface area contributed by atoms with Gasteiger partial charge in [0.1, 0.15) is 0 Å². The van der Waals surface area contributed by atoms with Crippen molar-refractivity contribution in [1.29, 1.82) is 0 Å². The summed E-state index contributed by atoms with van der Waals surface area (Å²) < 4.78 is 38.7. The van der Waals surface area contributed by atoms with E-state index in [0.717, 1.165) is 10.7 Å². The van der Waals surface area contributed by atoms with E-state index >= 15 is 0 Å². The van der Waals surface area contributed by atoms with Gasteiger partial charge in [0.25, 0.3) is 0 Å². The molecule has 0 fully saturated rings. The van der Waals surface area contributed by atoms with E-state index in [4.69, 9.17) is 17.3 Å². The Morgan fingerprint density at radius 3 is 2.53 bits per heavy atom. The van der Waals surface area contributed by atoms with Gasteiger partial charge in [0, 0.05) is 0 Å². The number of alkyl halides is 3. The van der Waals surface area contributed by atoms with E-state index in [1.54, 1.807) is 0 Å². The van der Waals surface area contributed by atoms with Crippen molar-refractivity contribution in [1.82, 2.24) is 20.2 Å². The lowest BCUT2D eigenvalue weighted by Gasteiger charge is -2.11. The smallest absolute Gasteiger partial charge is 0.366 e. The largest absolute Gasteiger partial charge is 0.417 e. The fraction of sp³-hybridized carbons (Fsp3) is 0.125. The first kappa shape index (κ1) is 11.6. The lowest BCUT2D eigenvalue weighted by atomic mass is 10.2. The standard InChI is InChI=1S/C8H5ClF3N5/c9-6-4(8(10,11)12)2-1-3-5(6)17-7(13)14-15-16-17/h1-3H,(H2,13,14,16). The minimum atomic E-state index is -4.55. The van der Waals surface area contributed by atoms with Gasteiger partial charge in [-0.3, -0.25) is 0 Å². The molecular formula is C8H5ClF3N5. The molecule has 0 saturated carbocycles. The van der Waals surface area contributed by atoms with Crippen LogP contribution < -0.4 is 5.73 Å². The zero-order valence-electron chi connectivity index (χ0n) is 8.11. The number of tetrazole rings is 1. The van der Waals surface area contributed by atoms with Crippen LogP contribution in [-0.4, -0.2) is 20.2 Å². The summed E-state index contributed by atoms with van der Waals surface area (Å²) in [7, 11) is 0. The van der Waals surface area contributed by atoms with Gasteiger partial charge in [-0.1, -0.05) is 22.8 Å². The Morgan fingerprint density at radius 1 is 1.29 bits per heavy atom. The lowest BCUT2D eigenvalue weighted by molar-refractivity contribution is -0.137. The third-order valence-corrected chi connectivity index (χ3v) is 2.40. The third kappa shape index (κ3) is 2.03. The molecule has 0 aliphatic heterocycles. The minimum absolute atomic E-state index is 0.0241. The molecule has 0 aliphatic carbocycles. The number of benzene rings is 1. The zero-order valence-corrected chi connectivity index (χ0v) is 8.87. The average molecular weight is 264 g/mol. The molecule has 0 bridgehead atoms. The Hall–Kier alpha value is -1.83. The predicted molar refractivity (Wildman–Crippen MR) is 53.6 cm³/mol. The second-order valence-corrected chi connectivity index (χ2v) is 3.46. The van der Waals surface area contributed by atoms with Crippen molar-refractivity contribution < 1.29 is 13.2 Å². The van der Waals surface area contributed by atoms with Crippen molar-refractivity contribution in [2.24, 2.45) is 0 Å². The molecule has 90 valence electrons. The van der Waals surface area contributed by atoms with Crippen LogP contribution in [0.25, 0.3) is 5.69 Å². The number of anilines is 1. The van der Waals surface area contributed by atoms with Gasteiger partial charge in [-0.05, 0) is 22.6 Å². The Kier molecular flexibility index (Phi) is 2.66. The van der Waals surface area contributed by atoms with E-state index in [-0.39, 0.29) is 11.6 Å². The number of hydrogen-bond donors (Lipinski definition) is 1. The number of aromatic nitrogens is 4. The molecule has 1 aromatic heterocycles. The monoisotopic (exact) mass is 263 g/mol. The minimum Gasteiger partial charge on any atom is -0.366 e. The molecule has 1 heterocycles. The van der Waals surface area contributed by atoms with E-state index in [1.807, 2.05) is 0 Å². The quantitative estimate of drug-likeness (QED) is 0.853. The van der Waals surface area contributed by atoms with Gasteiger partial charge < -0.3 is 5.73 Å². The summed E-state index contributed by atoms with van der Waals surface area (Å²) in [5, 5.41) is 9.54. The topological polar surface area (TPSA) is 69.6 Å². The molecule has 1 aromatic carbocycles. The first-order valence-corrected chi connectivity index (χ1v) is 4.69. The fourth-order valence-corrected chi connectivity index (χ4v) is 1.58. The molecule has 2 rings (SSSR count). The first-order valence-electron chi connectivity index (χ1n) is 4.31. The highest BCUT2D eigenvalue weighted by atomic mass is 35.5. The first-order chi connectivity index (χ1) is 7.91. The van der Waals surface area contributed by atoms with Crippen molar-refractivity contribution in [2.75, 3.05) is 5.73 Å². The Bertz CT molecular complexity index is 550. The van der Waals surface area contributed by atoms with Crippen molar-refractivity contribution in [3.05, 3.63) is 28.8 Å². The zero-order chi connectivity index (χ0) is 12.6. The van der Waals surface area contributed by atoms with Gasteiger partial charge in [-0.25, -0.2) is 0 Å². The Morgan fingerprint density at radius 2 is 2.00 bits per heavy atom. The van der Waals surface area contributed by atoms with Crippen molar-refractivity contribution in [3.8, 4) is 5.69 Å².